The summed E-state index contributed by atoms with van der Waals surface area (Å²) in [5.41, 5.74) is 5.99. The molecule has 0 aliphatic rings. The fraction of sp³-hybridized carbons (Fsp3) is 0.429. The van der Waals surface area contributed by atoms with Crippen LogP contribution < -0.4 is 11.1 Å². The van der Waals surface area contributed by atoms with Gasteiger partial charge >= 0.3 is 12.1 Å². The molecule has 0 aliphatic carbocycles. The van der Waals surface area contributed by atoms with Crippen molar-refractivity contribution in [3.05, 3.63) is 28.8 Å². The number of hydrogen-bond donors (Lipinski definition) is 3. The maximum atomic E-state index is 12.6. The Kier molecular flexibility index (Phi) is 6.40. The second-order valence-electron chi connectivity index (χ2n) is 5.05. The van der Waals surface area contributed by atoms with Crippen LogP contribution >= 0.6 is 11.6 Å². The van der Waals surface area contributed by atoms with Gasteiger partial charge in [0.1, 0.15) is 0 Å². The van der Waals surface area contributed by atoms with Gasteiger partial charge in [-0.2, -0.15) is 13.2 Å². The zero-order chi connectivity index (χ0) is 17.8. The number of carboxylic acid groups (broad SMARTS) is 1. The van der Waals surface area contributed by atoms with Crippen molar-refractivity contribution in [2.45, 2.75) is 32.0 Å². The second-order valence-corrected chi connectivity index (χ2v) is 5.46. The van der Waals surface area contributed by atoms with Gasteiger partial charge in [0.25, 0.3) is 0 Å². The van der Waals surface area contributed by atoms with E-state index in [4.69, 9.17) is 22.4 Å². The van der Waals surface area contributed by atoms with Gasteiger partial charge in [-0.05, 0) is 24.1 Å². The third-order valence-electron chi connectivity index (χ3n) is 3.27. The number of amides is 1. The number of aryl methyl sites for hydroxylation is 1. The van der Waals surface area contributed by atoms with E-state index in [-0.39, 0.29) is 23.6 Å². The molecule has 23 heavy (non-hydrogen) atoms. The Hall–Kier alpha value is -1.80. The minimum Gasteiger partial charge on any atom is -0.481 e. The quantitative estimate of drug-likeness (QED) is 0.734. The lowest BCUT2D eigenvalue weighted by Crippen LogP contribution is -2.46. The second kappa shape index (κ2) is 7.65. The number of nitrogens with two attached hydrogens (primary N) is 1. The van der Waals surface area contributed by atoms with E-state index in [9.17, 15) is 22.8 Å². The minimum absolute atomic E-state index is 0.0874. The predicted molar refractivity (Wildman–Crippen MR) is 79.2 cm³/mol. The summed E-state index contributed by atoms with van der Waals surface area (Å²) in [6, 6.07) is 2.62. The van der Waals surface area contributed by atoms with Crippen LogP contribution in [0, 0.1) is 5.92 Å². The monoisotopic (exact) mass is 352 g/mol. The molecular weight excluding hydrogens is 337 g/mol. The highest BCUT2D eigenvalue weighted by Crippen LogP contribution is 2.29. The lowest BCUT2D eigenvalue weighted by atomic mass is 10.0. The van der Waals surface area contributed by atoms with E-state index in [1.165, 1.54) is 12.1 Å². The zero-order valence-electron chi connectivity index (χ0n) is 12.2. The summed E-state index contributed by atoms with van der Waals surface area (Å²) >= 11 is 5.88. The van der Waals surface area contributed by atoms with Crippen molar-refractivity contribution in [3.8, 4) is 0 Å². The Morgan fingerprint density at radius 3 is 2.52 bits per heavy atom. The Balaban J connectivity index is 2.85. The van der Waals surface area contributed by atoms with E-state index in [2.05, 4.69) is 5.32 Å². The summed E-state index contributed by atoms with van der Waals surface area (Å²) in [6.45, 7) is 0.815. The Morgan fingerprint density at radius 1 is 1.39 bits per heavy atom. The van der Waals surface area contributed by atoms with Gasteiger partial charge in [0, 0.05) is 6.42 Å². The Morgan fingerprint density at radius 2 is 2.00 bits per heavy atom. The van der Waals surface area contributed by atoms with Crippen molar-refractivity contribution in [1.82, 2.24) is 0 Å². The summed E-state index contributed by atoms with van der Waals surface area (Å²) < 4.78 is 37.7. The van der Waals surface area contributed by atoms with Crippen LogP contribution in [0.1, 0.15) is 18.9 Å². The molecule has 0 aromatic heterocycles. The van der Waals surface area contributed by atoms with Crippen LogP contribution in [0.2, 0.25) is 5.02 Å². The van der Waals surface area contributed by atoms with Gasteiger partial charge in [0.15, 0.2) is 0 Å². The van der Waals surface area contributed by atoms with Crippen LogP contribution in [0.5, 0.6) is 0 Å². The normalized spacial score (nSPS) is 14.2. The smallest absolute Gasteiger partial charge is 0.393 e. The van der Waals surface area contributed by atoms with E-state index in [1.807, 2.05) is 0 Å². The van der Waals surface area contributed by atoms with E-state index in [0.29, 0.717) is 5.56 Å². The zero-order valence-corrected chi connectivity index (χ0v) is 12.9. The lowest BCUT2D eigenvalue weighted by molar-refractivity contribution is -0.176. The maximum Gasteiger partial charge on any atom is 0.393 e. The summed E-state index contributed by atoms with van der Waals surface area (Å²) in [5.74, 6) is -4.03. The van der Waals surface area contributed by atoms with Gasteiger partial charge in [-0.1, -0.05) is 24.6 Å². The molecule has 2 atom stereocenters. The number of hydrogen-bond acceptors (Lipinski definition) is 3. The van der Waals surface area contributed by atoms with Crippen LogP contribution in [0.25, 0.3) is 0 Å². The van der Waals surface area contributed by atoms with Crippen molar-refractivity contribution < 1.29 is 27.9 Å². The molecule has 5 nitrogen and oxygen atoms in total. The van der Waals surface area contributed by atoms with Crippen LogP contribution in [-0.2, 0) is 16.0 Å². The van der Waals surface area contributed by atoms with Crippen LogP contribution in [0.4, 0.5) is 18.9 Å². The van der Waals surface area contributed by atoms with Crippen LogP contribution in [0.15, 0.2) is 18.2 Å². The molecule has 0 unspecified atom stereocenters. The van der Waals surface area contributed by atoms with Gasteiger partial charge in [0.05, 0.1) is 22.7 Å². The van der Waals surface area contributed by atoms with Crippen LogP contribution in [-0.4, -0.2) is 29.2 Å². The first-order valence-electron chi connectivity index (χ1n) is 6.65. The van der Waals surface area contributed by atoms with E-state index in [0.717, 1.165) is 6.92 Å². The average molecular weight is 353 g/mol. The molecule has 0 aliphatic heterocycles. The molecule has 1 amide bonds. The highest BCUT2D eigenvalue weighted by molar-refractivity contribution is 6.33. The number of benzene rings is 1. The van der Waals surface area contributed by atoms with Gasteiger partial charge in [-0.3, -0.25) is 9.59 Å². The number of aliphatic carboxylic acids is 1. The highest BCUT2D eigenvalue weighted by Gasteiger charge is 2.42. The third kappa shape index (κ3) is 5.72. The van der Waals surface area contributed by atoms with Crippen molar-refractivity contribution >= 4 is 29.2 Å². The number of nitrogens with one attached hydrogen (secondary N) is 1. The van der Waals surface area contributed by atoms with Crippen molar-refractivity contribution in [2.24, 2.45) is 11.7 Å². The van der Waals surface area contributed by atoms with Crippen molar-refractivity contribution in [1.29, 1.82) is 0 Å². The van der Waals surface area contributed by atoms with Gasteiger partial charge < -0.3 is 16.2 Å². The lowest BCUT2D eigenvalue weighted by Gasteiger charge is -2.22. The molecule has 0 radical (unpaired) electrons. The largest absolute Gasteiger partial charge is 0.481 e. The molecule has 1 rings (SSSR count). The number of carboxylic acids is 1. The number of alkyl halides is 3. The first-order chi connectivity index (χ1) is 10.5. The molecule has 1 aromatic carbocycles. The first-order valence-corrected chi connectivity index (χ1v) is 7.03. The number of carbonyl (C=O) groups is 2. The highest BCUT2D eigenvalue weighted by atomic mass is 35.5. The number of halogens is 4. The summed E-state index contributed by atoms with van der Waals surface area (Å²) in [7, 11) is 0. The molecule has 0 saturated carbocycles. The standard InChI is InChI=1S/C14H16ClF3N2O3/c1-7(14(16,17)18)12(19)13(23)20-10-6-8(2-4-9(10)15)3-5-11(21)22/h2,4,6-7,12H,3,5,19H2,1H3,(H,20,23)(H,21,22)/t7-,12-/m1/s1. The summed E-state index contributed by atoms with van der Waals surface area (Å²) in [6.07, 6.45) is -4.52. The molecular formula is C14H16ClF3N2O3. The van der Waals surface area contributed by atoms with Gasteiger partial charge in [-0.25, -0.2) is 0 Å². The van der Waals surface area contributed by atoms with E-state index in [1.54, 1.807) is 6.07 Å². The predicted octanol–water partition coefficient (Wildman–Crippen LogP) is 2.82. The fourth-order valence-corrected chi connectivity index (χ4v) is 1.89. The summed E-state index contributed by atoms with van der Waals surface area (Å²) in [4.78, 5) is 22.4. The van der Waals surface area contributed by atoms with Crippen molar-refractivity contribution in [3.63, 3.8) is 0 Å². The molecule has 128 valence electrons. The SMILES string of the molecule is C[C@H]([C@@H](N)C(=O)Nc1cc(CCC(=O)O)ccc1Cl)C(F)(F)F. The van der Waals surface area contributed by atoms with Crippen LogP contribution in [0.3, 0.4) is 0 Å². The Bertz CT molecular complexity index is 593. The third-order valence-corrected chi connectivity index (χ3v) is 3.60. The molecule has 0 fully saturated rings. The van der Waals surface area contributed by atoms with Gasteiger partial charge in [0.2, 0.25) is 5.91 Å². The number of rotatable bonds is 6. The first kappa shape index (κ1) is 19.2. The van der Waals surface area contributed by atoms with Gasteiger partial charge in [-0.15, -0.1) is 0 Å². The summed E-state index contributed by atoms with van der Waals surface area (Å²) in [5, 5.41) is 11.0. The number of carbonyl (C=O) groups excluding carboxylic acids is 1. The average Bonchev–Trinajstić information content (AvgIpc) is 2.45. The maximum absolute atomic E-state index is 12.6. The molecule has 0 saturated heterocycles. The number of anilines is 1. The minimum atomic E-state index is -4.59. The molecule has 4 N–H and O–H groups in total. The fourth-order valence-electron chi connectivity index (χ4n) is 1.72. The molecule has 9 heteroatoms. The topological polar surface area (TPSA) is 92.4 Å². The Labute approximate surface area is 135 Å². The van der Waals surface area contributed by atoms with E-state index < -0.39 is 30.0 Å². The molecule has 0 spiro atoms. The molecule has 0 heterocycles. The molecule has 0 bridgehead atoms. The van der Waals surface area contributed by atoms with E-state index >= 15 is 0 Å². The molecule has 1 aromatic rings. The van der Waals surface area contributed by atoms with Crippen molar-refractivity contribution in [2.75, 3.05) is 5.32 Å².